The molecule has 1 amide bonds. The quantitative estimate of drug-likeness (QED) is 0.696. The van der Waals surface area contributed by atoms with Gasteiger partial charge in [0, 0.05) is 6.54 Å². The normalized spacial score (nSPS) is 11.0. The summed E-state index contributed by atoms with van der Waals surface area (Å²) in [6, 6.07) is 5.82. The van der Waals surface area contributed by atoms with Gasteiger partial charge in [0.2, 0.25) is 5.89 Å². The number of carbonyl (C=O) groups is 1. The Balaban J connectivity index is 1.64. The number of aryl methyl sites for hydroxylation is 1. The molecule has 0 atom stereocenters. The van der Waals surface area contributed by atoms with Crippen LogP contribution in [0.5, 0.6) is 0 Å². The van der Waals surface area contributed by atoms with Crippen LogP contribution in [0.4, 0.5) is 0 Å². The highest BCUT2D eigenvalue weighted by molar-refractivity contribution is 7.98. The van der Waals surface area contributed by atoms with E-state index in [1.807, 2.05) is 32.0 Å². The molecular weight excluding hydrogens is 314 g/mol. The minimum atomic E-state index is -0.218. The lowest BCUT2D eigenvalue weighted by molar-refractivity contribution is 0.0948. The first kappa shape index (κ1) is 15.6. The second-order valence-electron chi connectivity index (χ2n) is 5.07. The summed E-state index contributed by atoms with van der Waals surface area (Å²) in [6.45, 7) is 4.61. The van der Waals surface area contributed by atoms with Gasteiger partial charge in [-0.05, 0) is 25.0 Å². The topological polar surface area (TPSA) is 81.2 Å². The summed E-state index contributed by atoms with van der Waals surface area (Å²) in [4.78, 5) is 20.4. The van der Waals surface area contributed by atoms with Gasteiger partial charge in [-0.3, -0.25) is 4.79 Å². The van der Waals surface area contributed by atoms with E-state index in [9.17, 15) is 4.79 Å². The number of para-hydroxylation sites is 1. The van der Waals surface area contributed by atoms with Gasteiger partial charge >= 0.3 is 0 Å². The number of benzene rings is 1. The van der Waals surface area contributed by atoms with Gasteiger partial charge in [-0.2, -0.15) is 0 Å². The van der Waals surface area contributed by atoms with Crippen molar-refractivity contribution in [2.45, 2.75) is 31.2 Å². The van der Waals surface area contributed by atoms with Crippen LogP contribution in [-0.2, 0) is 5.75 Å². The largest absolute Gasteiger partial charge is 0.447 e. The highest BCUT2D eigenvalue weighted by atomic mass is 32.2. The Bertz CT molecular complexity index is 825. The zero-order valence-corrected chi connectivity index (χ0v) is 13.8. The van der Waals surface area contributed by atoms with Crippen LogP contribution in [0, 0.1) is 6.92 Å². The van der Waals surface area contributed by atoms with Crippen molar-refractivity contribution in [1.29, 1.82) is 0 Å². The van der Waals surface area contributed by atoms with E-state index >= 15 is 0 Å². The smallest absolute Gasteiger partial charge is 0.273 e. The molecule has 2 aromatic heterocycles. The van der Waals surface area contributed by atoms with Gasteiger partial charge in [0.25, 0.3) is 11.1 Å². The first-order valence-corrected chi connectivity index (χ1v) is 8.37. The number of carbonyl (C=O) groups excluding carboxylic acids is 1. The third kappa shape index (κ3) is 3.56. The van der Waals surface area contributed by atoms with Crippen LogP contribution >= 0.6 is 11.8 Å². The molecule has 0 saturated carbocycles. The van der Waals surface area contributed by atoms with E-state index in [4.69, 9.17) is 8.83 Å². The van der Waals surface area contributed by atoms with Gasteiger partial charge in [0.15, 0.2) is 11.3 Å². The highest BCUT2D eigenvalue weighted by Crippen LogP contribution is 2.27. The fourth-order valence-corrected chi connectivity index (χ4v) is 2.75. The second-order valence-corrected chi connectivity index (χ2v) is 6.00. The highest BCUT2D eigenvalue weighted by Gasteiger charge is 2.13. The summed E-state index contributed by atoms with van der Waals surface area (Å²) in [5, 5.41) is 3.32. The van der Waals surface area contributed by atoms with Gasteiger partial charge in [0.1, 0.15) is 11.8 Å². The number of thioether (sulfide) groups is 1. The standard InChI is InChI=1S/C16H17N3O3S/c1-3-7-17-15(20)11-8-21-13(18-11)9-23-16-19-14-10(2)5-4-6-12(14)22-16/h4-6,8H,3,7,9H2,1-2H3,(H,17,20). The maximum absolute atomic E-state index is 11.8. The predicted octanol–water partition coefficient (Wildman–Crippen LogP) is 3.56. The number of hydrogen-bond donors (Lipinski definition) is 1. The van der Waals surface area contributed by atoms with Crippen molar-refractivity contribution in [3.8, 4) is 0 Å². The SMILES string of the molecule is CCCNC(=O)c1coc(CSc2nc3c(C)cccc3o2)n1. The van der Waals surface area contributed by atoms with E-state index in [-0.39, 0.29) is 5.91 Å². The minimum Gasteiger partial charge on any atom is -0.447 e. The van der Waals surface area contributed by atoms with Crippen molar-refractivity contribution in [3.05, 3.63) is 41.6 Å². The molecule has 3 aromatic rings. The minimum absolute atomic E-state index is 0.218. The summed E-state index contributed by atoms with van der Waals surface area (Å²) in [5.41, 5.74) is 2.99. The van der Waals surface area contributed by atoms with Crippen LogP contribution in [0.1, 0.15) is 35.3 Å². The molecular formula is C16H17N3O3S. The van der Waals surface area contributed by atoms with Crippen LogP contribution in [0.25, 0.3) is 11.1 Å². The molecule has 0 bridgehead atoms. The second kappa shape index (κ2) is 6.87. The maximum Gasteiger partial charge on any atom is 0.273 e. The van der Waals surface area contributed by atoms with Crippen LogP contribution in [0.15, 0.2) is 38.5 Å². The Morgan fingerprint density at radius 3 is 3.00 bits per heavy atom. The van der Waals surface area contributed by atoms with Crippen LogP contribution < -0.4 is 5.32 Å². The number of nitrogens with one attached hydrogen (secondary N) is 1. The van der Waals surface area contributed by atoms with Crippen molar-refractivity contribution in [2.24, 2.45) is 0 Å². The Labute approximate surface area is 137 Å². The average Bonchev–Trinajstić information content (AvgIpc) is 3.18. The van der Waals surface area contributed by atoms with E-state index in [0.29, 0.717) is 29.1 Å². The molecule has 120 valence electrons. The van der Waals surface area contributed by atoms with Crippen molar-refractivity contribution in [1.82, 2.24) is 15.3 Å². The summed E-state index contributed by atoms with van der Waals surface area (Å²) in [6.07, 6.45) is 2.25. The number of rotatable bonds is 6. The van der Waals surface area contributed by atoms with Gasteiger partial charge < -0.3 is 14.2 Å². The molecule has 0 fully saturated rings. The van der Waals surface area contributed by atoms with Crippen LogP contribution in [-0.4, -0.2) is 22.4 Å². The van der Waals surface area contributed by atoms with Crippen molar-refractivity contribution >= 4 is 28.8 Å². The van der Waals surface area contributed by atoms with Crippen LogP contribution in [0.3, 0.4) is 0 Å². The first-order valence-electron chi connectivity index (χ1n) is 7.39. The monoisotopic (exact) mass is 331 g/mol. The maximum atomic E-state index is 11.8. The van der Waals surface area contributed by atoms with E-state index < -0.39 is 0 Å². The molecule has 0 aliphatic heterocycles. The summed E-state index contributed by atoms with van der Waals surface area (Å²) >= 11 is 1.39. The average molecular weight is 331 g/mol. The van der Waals surface area contributed by atoms with Gasteiger partial charge in [-0.1, -0.05) is 30.8 Å². The third-order valence-electron chi connectivity index (χ3n) is 3.24. The predicted molar refractivity (Wildman–Crippen MR) is 87.4 cm³/mol. The fraction of sp³-hybridized carbons (Fsp3) is 0.312. The van der Waals surface area contributed by atoms with Crippen LogP contribution in [0.2, 0.25) is 0 Å². The van der Waals surface area contributed by atoms with Crippen molar-refractivity contribution < 1.29 is 13.6 Å². The molecule has 0 aliphatic rings. The molecule has 0 aliphatic carbocycles. The van der Waals surface area contributed by atoms with Gasteiger partial charge in [-0.25, -0.2) is 9.97 Å². The zero-order chi connectivity index (χ0) is 16.2. The molecule has 1 aromatic carbocycles. The number of aromatic nitrogens is 2. The van der Waals surface area contributed by atoms with Crippen molar-refractivity contribution in [2.75, 3.05) is 6.54 Å². The first-order chi connectivity index (χ1) is 11.2. The summed E-state index contributed by atoms with van der Waals surface area (Å²) < 4.78 is 11.0. The number of amides is 1. The summed E-state index contributed by atoms with van der Waals surface area (Å²) in [5.74, 6) is 0.701. The lowest BCUT2D eigenvalue weighted by Crippen LogP contribution is -2.24. The number of fused-ring (bicyclic) bond motifs is 1. The molecule has 0 unspecified atom stereocenters. The molecule has 6 nitrogen and oxygen atoms in total. The van der Waals surface area contributed by atoms with Gasteiger partial charge in [-0.15, -0.1) is 0 Å². The molecule has 0 spiro atoms. The molecule has 3 rings (SSSR count). The van der Waals surface area contributed by atoms with E-state index in [2.05, 4.69) is 15.3 Å². The molecule has 0 radical (unpaired) electrons. The Morgan fingerprint density at radius 2 is 2.22 bits per heavy atom. The molecule has 7 heteroatoms. The number of oxazole rings is 2. The van der Waals surface area contributed by atoms with Gasteiger partial charge in [0.05, 0.1) is 5.75 Å². The fourth-order valence-electron chi connectivity index (χ4n) is 2.06. The van der Waals surface area contributed by atoms with E-state index in [1.165, 1.54) is 18.0 Å². The summed E-state index contributed by atoms with van der Waals surface area (Å²) in [7, 11) is 0. The molecule has 0 saturated heterocycles. The lowest BCUT2D eigenvalue weighted by atomic mass is 10.2. The van der Waals surface area contributed by atoms with Crippen molar-refractivity contribution in [3.63, 3.8) is 0 Å². The number of hydrogen-bond acceptors (Lipinski definition) is 6. The van der Waals surface area contributed by atoms with E-state index in [1.54, 1.807) is 0 Å². The Kier molecular flexibility index (Phi) is 4.66. The lowest BCUT2D eigenvalue weighted by Gasteiger charge is -1.97. The van der Waals surface area contributed by atoms with E-state index in [0.717, 1.165) is 23.1 Å². The Morgan fingerprint density at radius 1 is 1.35 bits per heavy atom. The third-order valence-corrected chi connectivity index (χ3v) is 4.05. The molecule has 1 N–H and O–H groups in total. The number of nitrogens with zero attached hydrogens (tertiary/aromatic N) is 2. The Hall–Kier alpha value is -2.28. The molecule has 2 heterocycles. The molecule has 23 heavy (non-hydrogen) atoms. The zero-order valence-electron chi connectivity index (χ0n) is 13.0.